The number of hydrogen-bond acceptors (Lipinski definition) is 3. The van der Waals surface area contributed by atoms with E-state index >= 15 is 0 Å². The number of Topliss-reactive ketones (excluding diaryl/α,β-unsaturated/α-hetero) is 2. The van der Waals surface area contributed by atoms with Crippen molar-refractivity contribution >= 4 is 11.6 Å². The van der Waals surface area contributed by atoms with E-state index in [0.717, 1.165) is 11.1 Å². The van der Waals surface area contributed by atoms with Gasteiger partial charge in [-0.05, 0) is 42.4 Å². The number of halogens is 2. The first-order valence-electron chi connectivity index (χ1n) is 11.1. The smallest absolute Gasteiger partial charge is 0.248 e. The monoisotopic (exact) mass is 424 g/mol. The van der Waals surface area contributed by atoms with Crippen LogP contribution in [0.15, 0.2) is 42.5 Å². The first kappa shape index (κ1) is 20.3. The Labute approximate surface area is 180 Å². The molecule has 31 heavy (non-hydrogen) atoms. The quantitative estimate of drug-likeness (QED) is 0.530. The van der Waals surface area contributed by atoms with Crippen LogP contribution >= 0.6 is 0 Å². The SMILES string of the molecule is CCC(=O)c1cc(C(=O)CC2[C@H]3CC(F)(F)C[C@@H]23)cc2c1O[C@H](C)[C@H]2c1ccccc1. The van der Waals surface area contributed by atoms with Crippen LogP contribution in [0.25, 0.3) is 0 Å². The molecule has 2 aromatic carbocycles. The van der Waals surface area contributed by atoms with Gasteiger partial charge in [0.1, 0.15) is 11.9 Å². The first-order valence-corrected chi connectivity index (χ1v) is 11.1. The van der Waals surface area contributed by atoms with Crippen LogP contribution in [-0.2, 0) is 0 Å². The molecular formula is C26H26F2O3. The fraction of sp³-hybridized carbons (Fsp3) is 0.462. The highest BCUT2D eigenvalue weighted by atomic mass is 19.3. The number of carbonyl (C=O) groups is 2. The van der Waals surface area contributed by atoms with E-state index in [9.17, 15) is 18.4 Å². The summed E-state index contributed by atoms with van der Waals surface area (Å²) in [6, 6.07) is 13.5. The topological polar surface area (TPSA) is 43.4 Å². The summed E-state index contributed by atoms with van der Waals surface area (Å²) in [4.78, 5) is 25.8. The molecule has 0 spiro atoms. The highest BCUT2D eigenvalue weighted by molar-refractivity contribution is 6.04. The number of rotatable bonds is 6. The van der Waals surface area contributed by atoms with Gasteiger partial charge in [-0.15, -0.1) is 0 Å². The standard InChI is InChI=1S/C26H26F2O3/c1-3-22(29)18-9-16(23(30)11-17-20-12-26(27,28)13-21(17)20)10-19-24(14(2)31-25(18)19)15-7-5-4-6-8-15/h4-10,14,17,20-21,24H,3,11-13H2,1-2H3/t14-,17?,20-,21+,24+/m1/s1. The average molecular weight is 424 g/mol. The Kier molecular flexibility index (Phi) is 4.76. The molecule has 1 heterocycles. The maximum atomic E-state index is 13.5. The van der Waals surface area contributed by atoms with Crippen LogP contribution in [0.5, 0.6) is 5.75 Å². The van der Waals surface area contributed by atoms with Gasteiger partial charge in [-0.25, -0.2) is 8.78 Å². The molecule has 3 aliphatic rings. The Morgan fingerprint density at radius 3 is 2.39 bits per heavy atom. The molecule has 2 aromatic rings. The Balaban J connectivity index is 1.47. The van der Waals surface area contributed by atoms with E-state index < -0.39 is 5.92 Å². The Morgan fingerprint density at radius 1 is 1.06 bits per heavy atom. The molecule has 2 fully saturated rings. The van der Waals surface area contributed by atoms with Crippen molar-refractivity contribution in [3.63, 3.8) is 0 Å². The molecule has 0 radical (unpaired) electrons. The van der Waals surface area contributed by atoms with Crippen LogP contribution < -0.4 is 4.74 Å². The summed E-state index contributed by atoms with van der Waals surface area (Å²) < 4.78 is 33.1. The Bertz CT molecular complexity index is 1030. The molecule has 162 valence electrons. The second-order valence-electron chi connectivity index (χ2n) is 9.31. The minimum atomic E-state index is -2.57. The van der Waals surface area contributed by atoms with Crippen molar-refractivity contribution in [1.82, 2.24) is 0 Å². The molecular weight excluding hydrogens is 398 g/mol. The highest BCUT2D eigenvalue weighted by Crippen LogP contribution is 2.64. The van der Waals surface area contributed by atoms with Crippen LogP contribution in [0.1, 0.15) is 77.3 Å². The first-order chi connectivity index (χ1) is 14.8. The Hall–Kier alpha value is -2.56. The zero-order valence-corrected chi connectivity index (χ0v) is 17.7. The maximum absolute atomic E-state index is 13.5. The highest BCUT2D eigenvalue weighted by Gasteiger charge is 2.62. The van der Waals surface area contributed by atoms with Gasteiger partial charge in [0.15, 0.2) is 11.6 Å². The largest absolute Gasteiger partial charge is 0.489 e. The van der Waals surface area contributed by atoms with Gasteiger partial charge in [0, 0.05) is 42.7 Å². The van der Waals surface area contributed by atoms with Crippen LogP contribution in [-0.4, -0.2) is 23.6 Å². The van der Waals surface area contributed by atoms with Gasteiger partial charge in [-0.2, -0.15) is 0 Å². The van der Waals surface area contributed by atoms with E-state index in [-0.39, 0.29) is 60.6 Å². The average Bonchev–Trinajstić information content (AvgIpc) is 3.08. The van der Waals surface area contributed by atoms with Crippen molar-refractivity contribution in [2.24, 2.45) is 17.8 Å². The van der Waals surface area contributed by atoms with Crippen molar-refractivity contribution in [3.8, 4) is 5.75 Å². The number of benzene rings is 2. The zero-order chi connectivity index (χ0) is 21.9. The number of ketones is 2. The summed E-state index contributed by atoms with van der Waals surface area (Å²) in [7, 11) is 0. The summed E-state index contributed by atoms with van der Waals surface area (Å²) >= 11 is 0. The van der Waals surface area contributed by atoms with Gasteiger partial charge in [0.2, 0.25) is 5.92 Å². The van der Waals surface area contributed by atoms with Gasteiger partial charge in [0.05, 0.1) is 5.56 Å². The lowest BCUT2D eigenvalue weighted by atomic mass is 9.85. The van der Waals surface area contributed by atoms with Gasteiger partial charge in [0.25, 0.3) is 0 Å². The summed E-state index contributed by atoms with van der Waals surface area (Å²) in [6.07, 6.45) is 0.244. The molecule has 0 amide bonds. The van der Waals surface area contributed by atoms with Crippen molar-refractivity contribution in [1.29, 1.82) is 0 Å². The molecule has 2 saturated carbocycles. The van der Waals surface area contributed by atoms with Crippen LogP contribution in [0, 0.1) is 17.8 Å². The molecule has 0 aromatic heterocycles. The number of ether oxygens (including phenoxy) is 1. The minimum Gasteiger partial charge on any atom is -0.489 e. The fourth-order valence-electron chi connectivity index (χ4n) is 5.73. The minimum absolute atomic E-state index is 0.0365. The number of fused-ring (bicyclic) bond motifs is 2. The molecule has 2 aliphatic carbocycles. The molecule has 5 atom stereocenters. The number of alkyl halides is 2. The molecule has 5 rings (SSSR count). The van der Waals surface area contributed by atoms with Crippen LogP contribution in [0.4, 0.5) is 8.78 Å². The lowest BCUT2D eigenvalue weighted by molar-refractivity contribution is -0.00847. The van der Waals surface area contributed by atoms with Crippen LogP contribution in [0.3, 0.4) is 0 Å². The van der Waals surface area contributed by atoms with Gasteiger partial charge >= 0.3 is 0 Å². The van der Waals surface area contributed by atoms with Crippen molar-refractivity contribution in [2.75, 3.05) is 0 Å². The normalized spacial score (nSPS) is 29.7. The van der Waals surface area contributed by atoms with E-state index in [2.05, 4.69) is 0 Å². The number of carbonyl (C=O) groups excluding carboxylic acids is 2. The third-order valence-electron chi connectivity index (χ3n) is 7.33. The summed E-state index contributed by atoms with van der Waals surface area (Å²) in [5.41, 5.74) is 2.89. The lowest BCUT2D eigenvalue weighted by Gasteiger charge is -2.15. The van der Waals surface area contributed by atoms with Gasteiger partial charge in [-0.3, -0.25) is 9.59 Å². The van der Waals surface area contributed by atoms with Gasteiger partial charge in [-0.1, -0.05) is 37.3 Å². The van der Waals surface area contributed by atoms with Gasteiger partial charge < -0.3 is 4.74 Å². The summed E-state index contributed by atoms with van der Waals surface area (Å²) in [5.74, 6) is -2.21. The van der Waals surface area contributed by atoms with Crippen molar-refractivity contribution in [3.05, 3.63) is 64.7 Å². The van der Waals surface area contributed by atoms with E-state index in [0.29, 0.717) is 23.3 Å². The zero-order valence-electron chi connectivity index (χ0n) is 17.7. The molecule has 1 aliphatic heterocycles. The predicted octanol–water partition coefficient (Wildman–Crippen LogP) is 6.06. The third kappa shape index (κ3) is 3.48. The van der Waals surface area contributed by atoms with E-state index in [1.54, 1.807) is 13.0 Å². The molecule has 0 saturated heterocycles. The second-order valence-corrected chi connectivity index (χ2v) is 9.31. The summed E-state index contributed by atoms with van der Waals surface area (Å²) in [5, 5.41) is 0. The lowest BCUT2D eigenvalue weighted by Crippen LogP contribution is -2.16. The Morgan fingerprint density at radius 2 is 1.74 bits per heavy atom. The summed E-state index contributed by atoms with van der Waals surface area (Å²) in [6.45, 7) is 3.77. The van der Waals surface area contributed by atoms with E-state index in [4.69, 9.17) is 4.74 Å². The van der Waals surface area contributed by atoms with E-state index in [1.165, 1.54) is 0 Å². The number of hydrogen-bond donors (Lipinski definition) is 0. The van der Waals surface area contributed by atoms with E-state index in [1.807, 2.05) is 43.3 Å². The molecule has 1 unspecified atom stereocenters. The molecule has 3 nitrogen and oxygen atoms in total. The van der Waals surface area contributed by atoms with Crippen LogP contribution in [0.2, 0.25) is 0 Å². The predicted molar refractivity (Wildman–Crippen MR) is 113 cm³/mol. The third-order valence-corrected chi connectivity index (χ3v) is 7.33. The van der Waals surface area contributed by atoms with Crippen molar-refractivity contribution < 1.29 is 23.1 Å². The maximum Gasteiger partial charge on any atom is 0.248 e. The molecule has 0 N–H and O–H groups in total. The van der Waals surface area contributed by atoms with Crippen molar-refractivity contribution in [2.45, 2.75) is 57.5 Å². The fourth-order valence-corrected chi connectivity index (χ4v) is 5.73. The molecule has 0 bridgehead atoms. The second kappa shape index (κ2) is 7.25. The molecule has 5 heteroatoms.